The molecule has 2 atom stereocenters. The molecule has 0 fully saturated rings. The molecule has 9 rings (SSSR count). The lowest BCUT2D eigenvalue weighted by molar-refractivity contribution is -0.715. The molecule has 2 aromatic heterocycles. The van der Waals surface area contributed by atoms with Crippen molar-refractivity contribution in [3.8, 4) is 33.6 Å². The lowest BCUT2D eigenvalue weighted by Crippen LogP contribution is -2.55. The predicted octanol–water partition coefficient (Wildman–Crippen LogP) is 11.5. The summed E-state index contributed by atoms with van der Waals surface area (Å²) < 4.78 is 4.84. The zero-order chi connectivity index (χ0) is 35.2. The van der Waals surface area contributed by atoms with Crippen molar-refractivity contribution in [2.45, 2.75) is 18.9 Å². The van der Waals surface area contributed by atoms with E-state index >= 15 is 0 Å². The summed E-state index contributed by atoms with van der Waals surface area (Å²) in [6, 6.07) is 55.1. The highest BCUT2D eigenvalue weighted by atomic mass is 15.1. The largest absolute Gasteiger partial charge is 0.311 e. The number of aromatic nitrogens is 2. The standard InChI is InChI=1S/C49H39N3/c1-4-35-17-24-39(25-18-35)52(40-26-19-36(5-2)20-27-40)41-28-22-37(23-29-41)38-21-16-34(3)44(32-38)46-15-9-11-31-51(46)48-33-47-49(48)43-13-7-6-12-42(43)45-14-8-10-30-50(45)47/h4-33,47,49H,1-2H2,3H3/q+2. The Morgan fingerprint density at radius 1 is 0.558 bits per heavy atom. The summed E-state index contributed by atoms with van der Waals surface area (Å²) in [5.41, 5.74) is 16.8. The van der Waals surface area contributed by atoms with Gasteiger partial charge in [-0.1, -0.05) is 92.0 Å². The van der Waals surface area contributed by atoms with Crippen LogP contribution in [0.2, 0.25) is 0 Å². The van der Waals surface area contributed by atoms with E-state index in [1.54, 1.807) is 0 Å². The zero-order valence-electron chi connectivity index (χ0n) is 29.2. The van der Waals surface area contributed by atoms with Crippen LogP contribution in [0.15, 0.2) is 183 Å². The van der Waals surface area contributed by atoms with Gasteiger partial charge in [0.1, 0.15) is 5.92 Å². The first kappa shape index (κ1) is 31.4. The lowest BCUT2D eigenvalue weighted by Gasteiger charge is -2.33. The summed E-state index contributed by atoms with van der Waals surface area (Å²) >= 11 is 0. The average molecular weight is 670 g/mol. The summed E-state index contributed by atoms with van der Waals surface area (Å²) in [6.45, 7) is 10.1. The number of pyridine rings is 2. The first-order valence-electron chi connectivity index (χ1n) is 17.9. The van der Waals surface area contributed by atoms with Gasteiger partial charge in [0, 0.05) is 41.3 Å². The average Bonchev–Trinajstić information content (AvgIpc) is 3.19. The van der Waals surface area contributed by atoms with Gasteiger partial charge >= 0.3 is 0 Å². The molecular weight excluding hydrogens is 631 g/mol. The van der Waals surface area contributed by atoms with Crippen molar-refractivity contribution < 1.29 is 9.13 Å². The minimum atomic E-state index is 0.280. The maximum absolute atomic E-state index is 3.93. The highest BCUT2D eigenvalue weighted by Crippen LogP contribution is 2.49. The highest BCUT2D eigenvalue weighted by Gasteiger charge is 2.52. The summed E-state index contributed by atoms with van der Waals surface area (Å²) in [7, 11) is 0. The van der Waals surface area contributed by atoms with Crippen LogP contribution in [-0.2, 0) is 0 Å². The molecule has 0 spiro atoms. The van der Waals surface area contributed by atoms with E-state index in [2.05, 4.69) is 204 Å². The van der Waals surface area contributed by atoms with E-state index in [9.17, 15) is 0 Å². The minimum absolute atomic E-state index is 0.280. The molecule has 3 nitrogen and oxygen atoms in total. The van der Waals surface area contributed by atoms with Gasteiger partial charge in [-0.3, -0.25) is 0 Å². The number of nitrogens with zero attached hydrogens (tertiary/aromatic N) is 3. The number of benzene rings is 5. The molecule has 2 unspecified atom stereocenters. The van der Waals surface area contributed by atoms with Crippen LogP contribution < -0.4 is 14.0 Å². The van der Waals surface area contributed by atoms with Crippen LogP contribution in [-0.4, -0.2) is 0 Å². The maximum Gasteiger partial charge on any atom is 0.218 e. The molecule has 7 aromatic rings. The number of hydrogen-bond acceptors (Lipinski definition) is 1. The van der Waals surface area contributed by atoms with Gasteiger partial charge in [0.2, 0.25) is 17.1 Å². The minimum Gasteiger partial charge on any atom is -0.311 e. The smallest absolute Gasteiger partial charge is 0.218 e. The van der Waals surface area contributed by atoms with Gasteiger partial charge in [-0.15, -0.1) is 0 Å². The van der Waals surface area contributed by atoms with E-state index in [4.69, 9.17) is 0 Å². The molecule has 0 bridgehead atoms. The second kappa shape index (κ2) is 12.9. The number of aryl methyl sites for hydroxylation is 1. The molecule has 0 saturated heterocycles. The Morgan fingerprint density at radius 2 is 1.13 bits per heavy atom. The SMILES string of the molecule is C=Cc1ccc(N(c2ccc(C=C)cc2)c2ccc(-c3ccc(C)c(-c4cccc[n+]4C4=CC5C4c4ccccc4-c4cccc[n+]45)c3)cc2)cc1. The molecule has 0 amide bonds. The molecule has 0 saturated carbocycles. The van der Waals surface area contributed by atoms with E-state index in [0.717, 1.165) is 28.2 Å². The Kier molecular flexibility index (Phi) is 7.82. The lowest BCUT2D eigenvalue weighted by atomic mass is 9.73. The van der Waals surface area contributed by atoms with Crippen molar-refractivity contribution in [3.05, 3.63) is 206 Å². The third kappa shape index (κ3) is 5.30. The van der Waals surface area contributed by atoms with Gasteiger partial charge in [0.15, 0.2) is 18.4 Å². The van der Waals surface area contributed by atoms with Gasteiger partial charge in [0.05, 0.1) is 17.2 Å². The fourth-order valence-electron chi connectivity index (χ4n) is 7.93. The molecule has 5 aromatic carbocycles. The summed E-state index contributed by atoms with van der Waals surface area (Å²) in [5, 5.41) is 0. The predicted molar refractivity (Wildman–Crippen MR) is 215 cm³/mol. The van der Waals surface area contributed by atoms with Crippen LogP contribution in [0.5, 0.6) is 0 Å². The molecule has 3 heterocycles. The Bertz CT molecular complexity index is 2450. The molecule has 0 radical (unpaired) electrons. The molecule has 2 aliphatic rings. The van der Waals surface area contributed by atoms with Gasteiger partial charge in [0.25, 0.3) is 0 Å². The van der Waals surface area contributed by atoms with Crippen LogP contribution in [0.3, 0.4) is 0 Å². The van der Waals surface area contributed by atoms with E-state index in [0.29, 0.717) is 6.04 Å². The molecule has 0 N–H and O–H groups in total. The van der Waals surface area contributed by atoms with Crippen molar-refractivity contribution >= 4 is 34.9 Å². The van der Waals surface area contributed by atoms with Gasteiger partial charge in [-0.2, -0.15) is 9.13 Å². The first-order valence-corrected chi connectivity index (χ1v) is 17.9. The monoisotopic (exact) mass is 669 g/mol. The van der Waals surface area contributed by atoms with Crippen LogP contribution in [0, 0.1) is 6.92 Å². The van der Waals surface area contributed by atoms with Crippen molar-refractivity contribution in [3.63, 3.8) is 0 Å². The Hall–Kier alpha value is -6.58. The van der Waals surface area contributed by atoms with Crippen molar-refractivity contribution in [2.75, 3.05) is 4.90 Å². The third-order valence-electron chi connectivity index (χ3n) is 10.7. The normalized spacial score (nSPS) is 15.3. The molecule has 1 aliphatic heterocycles. The van der Waals surface area contributed by atoms with Crippen LogP contribution >= 0.6 is 0 Å². The van der Waals surface area contributed by atoms with E-state index in [1.165, 1.54) is 50.5 Å². The van der Waals surface area contributed by atoms with E-state index < -0.39 is 0 Å². The number of rotatable bonds is 8. The van der Waals surface area contributed by atoms with Gasteiger partial charge in [-0.25, -0.2) is 0 Å². The number of fused-ring (bicyclic) bond motifs is 6. The van der Waals surface area contributed by atoms with Gasteiger partial charge < -0.3 is 4.90 Å². The first-order chi connectivity index (χ1) is 25.6. The zero-order valence-corrected chi connectivity index (χ0v) is 29.2. The summed E-state index contributed by atoms with van der Waals surface area (Å²) in [6.07, 6.45) is 10.6. The van der Waals surface area contributed by atoms with Crippen molar-refractivity contribution in [1.29, 1.82) is 0 Å². The van der Waals surface area contributed by atoms with Crippen LogP contribution in [0.4, 0.5) is 17.1 Å². The fourth-order valence-corrected chi connectivity index (χ4v) is 7.93. The Morgan fingerprint density at radius 3 is 1.81 bits per heavy atom. The van der Waals surface area contributed by atoms with Crippen LogP contribution in [0.1, 0.15) is 34.2 Å². The molecule has 1 aliphatic carbocycles. The topological polar surface area (TPSA) is 11.0 Å². The van der Waals surface area contributed by atoms with Crippen molar-refractivity contribution in [2.24, 2.45) is 0 Å². The molecular formula is C49H39N3+2. The molecule has 3 heteroatoms. The Balaban J connectivity index is 1.08. The van der Waals surface area contributed by atoms with Gasteiger partial charge in [-0.05, 0) is 101 Å². The maximum atomic E-state index is 3.93. The summed E-state index contributed by atoms with van der Waals surface area (Å²) in [5.74, 6) is 0.280. The second-order valence-electron chi connectivity index (χ2n) is 13.6. The molecule has 248 valence electrons. The fraction of sp³-hybridized carbons (Fsp3) is 0.0612. The molecule has 52 heavy (non-hydrogen) atoms. The quantitative estimate of drug-likeness (QED) is 0.147. The third-order valence-corrected chi connectivity index (χ3v) is 10.7. The number of hydrogen-bond donors (Lipinski definition) is 0. The van der Waals surface area contributed by atoms with E-state index in [1.807, 2.05) is 12.2 Å². The highest BCUT2D eigenvalue weighted by molar-refractivity contribution is 5.81. The summed E-state index contributed by atoms with van der Waals surface area (Å²) in [4.78, 5) is 2.29. The Labute approximate surface area is 306 Å². The van der Waals surface area contributed by atoms with Crippen LogP contribution in [0.25, 0.3) is 51.5 Å². The van der Waals surface area contributed by atoms with Crippen molar-refractivity contribution in [1.82, 2.24) is 0 Å². The van der Waals surface area contributed by atoms with E-state index in [-0.39, 0.29) is 5.92 Å². The number of anilines is 3. The second-order valence-corrected chi connectivity index (χ2v) is 13.6. The number of allylic oxidation sites excluding steroid dienone is 2.